The zero-order chi connectivity index (χ0) is 29.9. The molecule has 4 aromatic rings. The molecule has 13 heteroatoms. The molecule has 218 valence electrons. The van der Waals surface area contributed by atoms with Crippen molar-refractivity contribution in [2.75, 3.05) is 5.32 Å². The van der Waals surface area contributed by atoms with E-state index in [-0.39, 0.29) is 24.5 Å². The third-order valence-electron chi connectivity index (χ3n) is 6.41. The molecule has 4 rings (SSSR count). The molecule has 1 atom stereocenters. The second-order valence-electron chi connectivity index (χ2n) is 9.57. The van der Waals surface area contributed by atoms with Gasteiger partial charge in [-0.1, -0.05) is 48.5 Å². The Hall–Kier alpha value is -4.88. The first-order chi connectivity index (χ1) is 20.3. The molecular formula is C29H32BN5O7. The van der Waals surface area contributed by atoms with Crippen molar-refractivity contribution in [1.82, 2.24) is 19.9 Å². The van der Waals surface area contributed by atoms with Gasteiger partial charge in [-0.25, -0.2) is 9.78 Å². The van der Waals surface area contributed by atoms with Gasteiger partial charge in [-0.15, -0.1) is 0 Å². The van der Waals surface area contributed by atoms with Gasteiger partial charge >= 0.3 is 13.2 Å². The molecule has 0 saturated carbocycles. The molecule has 12 nitrogen and oxygen atoms in total. The highest BCUT2D eigenvalue weighted by Gasteiger charge is 2.26. The van der Waals surface area contributed by atoms with E-state index in [0.29, 0.717) is 24.3 Å². The molecule has 2 aromatic heterocycles. The predicted molar refractivity (Wildman–Crippen MR) is 156 cm³/mol. The third-order valence-corrected chi connectivity index (χ3v) is 6.41. The van der Waals surface area contributed by atoms with Crippen LogP contribution in [0.1, 0.15) is 29.8 Å². The fraction of sp³-hybridized carbons (Fsp3) is 0.241. The number of hydrogen-bond donors (Lipinski definition) is 5. The van der Waals surface area contributed by atoms with Crippen molar-refractivity contribution >= 4 is 24.8 Å². The highest BCUT2D eigenvalue weighted by Crippen LogP contribution is 2.28. The summed E-state index contributed by atoms with van der Waals surface area (Å²) in [6, 6.07) is 19.3. The largest absolute Gasteiger partial charge is 0.475 e. The summed E-state index contributed by atoms with van der Waals surface area (Å²) in [5.41, 5.74) is 1.11. The van der Waals surface area contributed by atoms with Gasteiger partial charge in [-0.05, 0) is 43.9 Å². The molecule has 0 unspecified atom stereocenters. The number of aromatic nitrogens is 3. The molecule has 0 radical (unpaired) electrons. The summed E-state index contributed by atoms with van der Waals surface area (Å²) in [5.74, 6) is -1.07. The van der Waals surface area contributed by atoms with Gasteiger partial charge < -0.3 is 34.4 Å². The number of anilines is 1. The lowest BCUT2D eigenvalue weighted by molar-refractivity contribution is -0.122. The first-order valence-electron chi connectivity index (χ1n) is 13.4. The van der Waals surface area contributed by atoms with Gasteiger partial charge in [0.2, 0.25) is 5.91 Å². The maximum Gasteiger partial charge on any atom is 0.475 e. The molecule has 2 heterocycles. The second-order valence-corrected chi connectivity index (χ2v) is 9.57. The van der Waals surface area contributed by atoms with E-state index in [1.165, 1.54) is 6.07 Å². The smallest absolute Gasteiger partial charge is 0.455 e. The van der Waals surface area contributed by atoms with Gasteiger partial charge in [0.05, 0.1) is 12.3 Å². The molecule has 2 amide bonds. The summed E-state index contributed by atoms with van der Waals surface area (Å²) in [4.78, 5) is 46.1. The minimum atomic E-state index is -1.80. The second kappa shape index (κ2) is 14.7. The zero-order valence-electron chi connectivity index (χ0n) is 23.0. The van der Waals surface area contributed by atoms with E-state index < -0.39 is 37.2 Å². The summed E-state index contributed by atoms with van der Waals surface area (Å²) in [7, 11) is -1.80. The lowest BCUT2D eigenvalue weighted by Crippen LogP contribution is -2.48. The molecule has 5 N–H and O–H groups in total. The number of aromatic amines is 1. The number of H-pyrrole nitrogens is 1. The van der Waals surface area contributed by atoms with Crippen LogP contribution in [0.5, 0.6) is 11.5 Å². The number of nitrogens with one attached hydrogen (secondary N) is 3. The van der Waals surface area contributed by atoms with Crippen molar-refractivity contribution in [1.29, 1.82) is 0 Å². The van der Waals surface area contributed by atoms with Crippen LogP contribution in [0.15, 0.2) is 84.0 Å². The Balaban J connectivity index is 1.50. The topological polar surface area (TPSA) is 168 Å². The monoisotopic (exact) mass is 573 g/mol. The summed E-state index contributed by atoms with van der Waals surface area (Å²) >= 11 is 0. The van der Waals surface area contributed by atoms with E-state index in [1.807, 2.05) is 24.3 Å². The average Bonchev–Trinajstić information content (AvgIpc) is 3.50. The normalized spacial score (nSPS) is 11.4. The molecule has 0 aliphatic carbocycles. The van der Waals surface area contributed by atoms with Crippen molar-refractivity contribution in [2.45, 2.75) is 45.3 Å². The maximum absolute atomic E-state index is 13.6. The van der Waals surface area contributed by atoms with E-state index in [2.05, 4.69) is 20.6 Å². The Morgan fingerprint density at radius 1 is 1.10 bits per heavy atom. The van der Waals surface area contributed by atoms with Crippen LogP contribution in [-0.2, 0) is 29.1 Å². The van der Waals surface area contributed by atoms with E-state index in [9.17, 15) is 24.4 Å². The summed E-state index contributed by atoms with van der Waals surface area (Å²) < 4.78 is 12.4. The first kappa shape index (κ1) is 30.1. The summed E-state index contributed by atoms with van der Waals surface area (Å²) in [6.07, 6.45) is 3.78. The van der Waals surface area contributed by atoms with E-state index in [0.717, 1.165) is 15.8 Å². The minimum absolute atomic E-state index is 0.0186. The summed E-state index contributed by atoms with van der Waals surface area (Å²) in [6.45, 7) is 1.16. The molecule has 0 bridgehead atoms. The minimum Gasteiger partial charge on any atom is -0.455 e. The van der Waals surface area contributed by atoms with E-state index >= 15 is 0 Å². The Kier molecular flexibility index (Phi) is 10.5. The number of pyridine rings is 1. The van der Waals surface area contributed by atoms with Crippen LogP contribution in [0.3, 0.4) is 0 Å². The SMILES string of the molecule is Cc1cc(Oc2ccccc2)c(NC(=O)OCc2ccccc2)c(=O)n1CC(=O)N[C@@H](CCCc1cnc[nH]1)B(O)O. The molecule has 0 spiro atoms. The van der Waals surface area contributed by atoms with Crippen molar-refractivity contribution in [3.05, 3.63) is 107 Å². The number of ether oxygens (including phenoxy) is 2. The average molecular weight is 573 g/mol. The number of para-hydroxylation sites is 1. The van der Waals surface area contributed by atoms with Crippen LogP contribution in [-0.4, -0.2) is 49.6 Å². The third kappa shape index (κ3) is 8.56. The molecular weight excluding hydrogens is 541 g/mol. The molecule has 2 aromatic carbocycles. The van der Waals surface area contributed by atoms with Crippen molar-refractivity contribution in [3.63, 3.8) is 0 Å². The van der Waals surface area contributed by atoms with Crippen LogP contribution < -0.4 is 20.9 Å². The number of rotatable bonds is 13. The van der Waals surface area contributed by atoms with Crippen molar-refractivity contribution in [2.24, 2.45) is 0 Å². The fourth-order valence-electron chi connectivity index (χ4n) is 4.23. The predicted octanol–water partition coefficient (Wildman–Crippen LogP) is 2.94. The van der Waals surface area contributed by atoms with Crippen LogP contribution in [0.2, 0.25) is 0 Å². The number of nitrogens with zero attached hydrogens (tertiary/aromatic N) is 2. The molecule has 0 aliphatic heterocycles. The van der Waals surface area contributed by atoms with E-state index in [1.54, 1.807) is 55.8 Å². The van der Waals surface area contributed by atoms with Crippen LogP contribution in [0.25, 0.3) is 0 Å². The Morgan fingerprint density at radius 3 is 2.48 bits per heavy atom. The van der Waals surface area contributed by atoms with E-state index in [4.69, 9.17) is 9.47 Å². The highest BCUT2D eigenvalue weighted by molar-refractivity contribution is 6.43. The van der Waals surface area contributed by atoms with Gasteiger partial charge in [-0.2, -0.15) is 0 Å². The number of aryl methyl sites for hydroxylation is 2. The number of carbonyl (C=O) groups is 2. The maximum atomic E-state index is 13.6. The molecule has 0 aliphatic rings. The molecule has 42 heavy (non-hydrogen) atoms. The number of imidazole rings is 1. The molecule has 0 fully saturated rings. The van der Waals surface area contributed by atoms with Gasteiger partial charge in [0.15, 0.2) is 11.4 Å². The van der Waals surface area contributed by atoms with Crippen LogP contribution in [0, 0.1) is 6.92 Å². The number of benzene rings is 2. The van der Waals surface area contributed by atoms with Gasteiger partial charge in [0.1, 0.15) is 18.9 Å². The summed E-state index contributed by atoms with van der Waals surface area (Å²) in [5, 5.41) is 24.7. The van der Waals surface area contributed by atoms with Gasteiger partial charge in [0, 0.05) is 23.7 Å². The Morgan fingerprint density at radius 2 is 1.81 bits per heavy atom. The Labute approximate surface area is 242 Å². The number of hydrogen-bond acceptors (Lipinski definition) is 8. The Bertz CT molecular complexity index is 1510. The zero-order valence-corrected chi connectivity index (χ0v) is 23.0. The van der Waals surface area contributed by atoms with Gasteiger partial charge in [-0.3, -0.25) is 14.9 Å². The lowest BCUT2D eigenvalue weighted by Gasteiger charge is -2.20. The van der Waals surface area contributed by atoms with Crippen LogP contribution in [0.4, 0.5) is 10.5 Å². The highest BCUT2D eigenvalue weighted by atomic mass is 16.5. The quantitative estimate of drug-likeness (QED) is 0.152. The fourth-order valence-corrected chi connectivity index (χ4v) is 4.23. The van der Waals surface area contributed by atoms with Crippen molar-refractivity contribution in [3.8, 4) is 11.5 Å². The number of amides is 2. The lowest BCUT2D eigenvalue weighted by atomic mass is 9.76. The van der Waals surface area contributed by atoms with Crippen LogP contribution >= 0.6 is 0 Å². The number of carbonyl (C=O) groups excluding carboxylic acids is 2. The van der Waals surface area contributed by atoms with Gasteiger partial charge in [0.25, 0.3) is 5.56 Å². The standard InChI is InChI=1S/C29H32BN5O7/c1-20-15-24(42-23-12-6-3-7-13-23)27(34-29(38)41-18-21-9-4-2-5-10-21)28(37)35(20)17-26(36)33-25(30(39)40)14-8-11-22-16-31-19-32-22/h2-7,9-10,12-13,15-16,19,25,39-40H,8,11,14,17-18H2,1H3,(H,31,32)(H,33,36)(H,34,38)/t25-/m0/s1. The van der Waals surface area contributed by atoms with Crippen molar-refractivity contribution < 1.29 is 29.1 Å². The molecule has 0 saturated heterocycles. The first-order valence-corrected chi connectivity index (χ1v) is 13.4.